The summed E-state index contributed by atoms with van der Waals surface area (Å²) in [5, 5.41) is 10.4. The van der Waals surface area contributed by atoms with Crippen molar-refractivity contribution in [3.8, 4) is 5.75 Å². The number of carbonyl (C=O) groups is 1. The SMILES string of the molecule is COc1cccc(CN2CCOCC2c2csc(C)n2)c1.O=C(O)C(F)(F)F. The molecule has 1 aromatic heterocycles. The molecule has 10 heteroatoms. The lowest BCUT2D eigenvalue weighted by molar-refractivity contribution is -0.192. The predicted octanol–water partition coefficient (Wildman–Crippen LogP) is 3.67. The summed E-state index contributed by atoms with van der Waals surface area (Å²) in [5.74, 6) is -1.85. The summed E-state index contributed by atoms with van der Waals surface area (Å²) in [7, 11) is 1.70. The summed E-state index contributed by atoms with van der Waals surface area (Å²) in [4.78, 5) is 16.0. The maximum atomic E-state index is 10.6. The molecule has 0 saturated carbocycles. The monoisotopic (exact) mass is 418 g/mol. The van der Waals surface area contributed by atoms with Crippen molar-refractivity contribution in [2.75, 3.05) is 26.9 Å². The van der Waals surface area contributed by atoms with Crippen LogP contribution in [0.4, 0.5) is 13.2 Å². The highest BCUT2D eigenvalue weighted by Gasteiger charge is 2.38. The Bertz CT molecular complexity index is 782. The Morgan fingerprint density at radius 2 is 2.18 bits per heavy atom. The van der Waals surface area contributed by atoms with E-state index in [4.69, 9.17) is 19.4 Å². The van der Waals surface area contributed by atoms with E-state index in [1.807, 2.05) is 19.1 Å². The smallest absolute Gasteiger partial charge is 0.490 e. The van der Waals surface area contributed by atoms with Crippen molar-refractivity contribution in [2.24, 2.45) is 0 Å². The Labute approximate surface area is 164 Å². The molecule has 1 unspecified atom stereocenters. The van der Waals surface area contributed by atoms with Gasteiger partial charge in [-0.3, -0.25) is 4.90 Å². The van der Waals surface area contributed by atoms with Crippen molar-refractivity contribution in [3.05, 3.63) is 45.9 Å². The largest absolute Gasteiger partial charge is 0.497 e. The lowest BCUT2D eigenvalue weighted by atomic mass is 10.1. The Hall–Kier alpha value is -2.17. The number of rotatable bonds is 4. The van der Waals surface area contributed by atoms with Gasteiger partial charge in [0, 0.05) is 18.5 Å². The number of hydrogen-bond donors (Lipinski definition) is 1. The van der Waals surface area contributed by atoms with Crippen LogP contribution >= 0.6 is 11.3 Å². The van der Waals surface area contributed by atoms with E-state index in [0.717, 1.165) is 36.1 Å². The van der Waals surface area contributed by atoms with Crippen LogP contribution in [0.15, 0.2) is 29.6 Å². The number of aromatic nitrogens is 1. The molecule has 154 valence electrons. The third kappa shape index (κ3) is 6.47. The fourth-order valence-corrected chi connectivity index (χ4v) is 3.30. The number of ether oxygens (including phenoxy) is 2. The molecule has 0 bridgehead atoms. The van der Waals surface area contributed by atoms with Crippen molar-refractivity contribution in [3.63, 3.8) is 0 Å². The number of hydrogen-bond acceptors (Lipinski definition) is 6. The molecule has 1 saturated heterocycles. The van der Waals surface area contributed by atoms with Gasteiger partial charge in [-0.2, -0.15) is 13.2 Å². The molecular formula is C18H21F3N2O4S. The molecule has 28 heavy (non-hydrogen) atoms. The number of carboxylic acids is 1. The highest BCUT2D eigenvalue weighted by Crippen LogP contribution is 2.27. The molecule has 0 radical (unpaired) electrons. The van der Waals surface area contributed by atoms with Gasteiger partial charge in [0.05, 0.1) is 37.1 Å². The highest BCUT2D eigenvalue weighted by molar-refractivity contribution is 7.09. The second kappa shape index (κ2) is 9.85. The normalized spacial score (nSPS) is 17.5. The van der Waals surface area contributed by atoms with Crippen LogP contribution in [0.5, 0.6) is 5.75 Å². The zero-order valence-electron chi connectivity index (χ0n) is 15.4. The zero-order chi connectivity index (χ0) is 20.7. The van der Waals surface area contributed by atoms with Crippen LogP contribution in [0.1, 0.15) is 22.3 Å². The molecular weight excluding hydrogens is 397 g/mol. The average molecular weight is 418 g/mol. The number of nitrogens with zero attached hydrogens (tertiary/aromatic N) is 2. The summed E-state index contributed by atoms with van der Waals surface area (Å²) in [5.41, 5.74) is 2.38. The van der Waals surface area contributed by atoms with E-state index in [0.29, 0.717) is 6.61 Å². The van der Waals surface area contributed by atoms with Crippen molar-refractivity contribution < 1.29 is 32.5 Å². The molecule has 1 atom stereocenters. The minimum atomic E-state index is -5.08. The number of carboxylic acid groups (broad SMARTS) is 1. The second-order valence-corrected chi connectivity index (χ2v) is 7.07. The molecule has 6 nitrogen and oxygen atoms in total. The van der Waals surface area contributed by atoms with Gasteiger partial charge in [-0.25, -0.2) is 9.78 Å². The van der Waals surface area contributed by atoms with Crippen LogP contribution in [0, 0.1) is 6.92 Å². The number of thiazole rings is 1. The van der Waals surface area contributed by atoms with Crippen LogP contribution < -0.4 is 4.74 Å². The third-order valence-corrected chi connectivity index (χ3v) is 4.77. The van der Waals surface area contributed by atoms with Gasteiger partial charge in [0.25, 0.3) is 0 Å². The molecule has 3 rings (SSSR count). The molecule has 0 amide bonds. The lowest BCUT2D eigenvalue weighted by Crippen LogP contribution is -2.39. The van der Waals surface area contributed by atoms with E-state index in [1.54, 1.807) is 18.4 Å². The highest BCUT2D eigenvalue weighted by atomic mass is 32.1. The van der Waals surface area contributed by atoms with E-state index >= 15 is 0 Å². The van der Waals surface area contributed by atoms with Gasteiger partial charge in [-0.15, -0.1) is 11.3 Å². The van der Waals surface area contributed by atoms with Crippen LogP contribution in [-0.4, -0.2) is 54.0 Å². The summed E-state index contributed by atoms with van der Waals surface area (Å²) in [6.45, 7) is 5.36. The van der Waals surface area contributed by atoms with Gasteiger partial charge < -0.3 is 14.6 Å². The third-order valence-electron chi connectivity index (χ3n) is 3.98. The number of morpholine rings is 1. The van der Waals surface area contributed by atoms with Crippen LogP contribution in [0.3, 0.4) is 0 Å². The van der Waals surface area contributed by atoms with Gasteiger partial charge in [0.15, 0.2) is 0 Å². The number of alkyl halides is 3. The average Bonchev–Trinajstić information content (AvgIpc) is 3.08. The number of halogens is 3. The molecule has 1 aliphatic rings. The van der Waals surface area contributed by atoms with Crippen LogP contribution in [0.25, 0.3) is 0 Å². The number of benzene rings is 1. The number of aliphatic carboxylic acids is 1. The summed E-state index contributed by atoms with van der Waals surface area (Å²) in [6.07, 6.45) is -5.08. The Morgan fingerprint density at radius 1 is 1.46 bits per heavy atom. The maximum Gasteiger partial charge on any atom is 0.490 e. The minimum absolute atomic E-state index is 0.245. The summed E-state index contributed by atoms with van der Waals surface area (Å²) < 4.78 is 42.7. The standard InChI is InChI=1S/C16H20N2O2S.C2HF3O2/c1-12-17-15(11-21-12)16-10-20-7-6-18(16)9-13-4-3-5-14(8-13)19-2;3-2(4,5)1(6)7/h3-5,8,11,16H,6-7,9-10H2,1-2H3;(H,6,7). The zero-order valence-corrected chi connectivity index (χ0v) is 16.2. The van der Waals surface area contributed by atoms with Crippen molar-refractivity contribution in [2.45, 2.75) is 25.7 Å². The van der Waals surface area contributed by atoms with Gasteiger partial charge in [-0.1, -0.05) is 12.1 Å². The Kier molecular flexibility index (Phi) is 7.78. The lowest BCUT2D eigenvalue weighted by Gasteiger charge is -2.34. The minimum Gasteiger partial charge on any atom is -0.497 e. The topological polar surface area (TPSA) is 71.9 Å². The van der Waals surface area contributed by atoms with Gasteiger partial charge in [-0.05, 0) is 24.6 Å². The molecule has 1 fully saturated rings. The molecule has 2 aromatic rings. The molecule has 1 aliphatic heterocycles. The van der Waals surface area contributed by atoms with Crippen molar-refractivity contribution in [1.29, 1.82) is 0 Å². The first-order valence-corrected chi connectivity index (χ1v) is 9.25. The van der Waals surface area contributed by atoms with E-state index < -0.39 is 12.1 Å². The van der Waals surface area contributed by atoms with Crippen molar-refractivity contribution in [1.82, 2.24) is 9.88 Å². The fourth-order valence-electron chi connectivity index (χ4n) is 2.64. The molecule has 2 heterocycles. The number of methoxy groups -OCH3 is 1. The summed E-state index contributed by atoms with van der Waals surface area (Å²) >= 11 is 1.70. The van der Waals surface area contributed by atoms with E-state index in [9.17, 15) is 13.2 Å². The van der Waals surface area contributed by atoms with E-state index in [2.05, 4.69) is 27.4 Å². The van der Waals surface area contributed by atoms with Gasteiger partial charge >= 0.3 is 12.1 Å². The van der Waals surface area contributed by atoms with E-state index in [-0.39, 0.29) is 6.04 Å². The first-order chi connectivity index (χ1) is 13.2. The van der Waals surface area contributed by atoms with Gasteiger partial charge in [0.2, 0.25) is 0 Å². The first-order valence-electron chi connectivity index (χ1n) is 8.37. The predicted molar refractivity (Wildman–Crippen MR) is 97.5 cm³/mol. The molecule has 1 aromatic carbocycles. The Morgan fingerprint density at radius 3 is 2.75 bits per heavy atom. The molecule has 1 N–H and O–H groups in total. The first kappa shape index (κ1) is 22.1. The van der Waals surface area contributed by atoms with Gasteiger partial charge in [0.1, 0.15) is 5.75 Å². The fraction of sp³-hybridized carbons (Fsp3) is 0.444. The summed E-state index contributed by atoms with van der Waals surface area (Å²) in [6, 6.07) is 8.50. The second-order valence-electron chi connectivity index (χ2n) is 6.01. The van der Waals surface area contributed by atoms with E-state index in [1.165, 1.54) is 5.56 Å². The van der Waals surface area contributed by atoms with Crippen LogP contribution in [-0.2, 0) is 16.1 Å². The maximum absolute atomic E-state index is 10.6. The number of aryl methyl sites for hydroxylation is 1. The quantitative estimate of drug-likeness (QED) is 0.817. The molecule has 0 aliphatic carbocycles. The Balaban J connectivity index is 0.000000345. The van der Waals surface area contributed by atoms with Crippen molar-refractivity contribution >= 4 is 17.3 Å². The molecule has 0 spiro atoms. The van der Waals surface area contributed by atoms with Crippen LogP contribution in [0.2, 0.25) is 0 Å².